The lowest BCUT2D eigenvalue weighted by molar-refractivity contribution is 0.613. The van der Waals surface area contributed by atoms with Gasteiger partial charge in [0.1, 0.15) is 0 Å². The SMILES string of the molecule is Fc1cc(Cl)cnc1N1CCC(CCl)C1. The lowest BCUT2D eigenvalue weighted by Gasteiger charge is -2.17. The molecular formula is C10H11Cl2FN2. The molecule has 1 aromatic rings. The number of anilines is 1. The minimum Gasteiger partial charge on any atom is -0.354 e. The van der Waals surface area contributed by atoms with Gasteiger partial charge >= 0.3 is 0 Å². The number of hydrogen-bond donors (Lipinski definition) is 0. The van der Waals surface area contributed by atoms with Crippen molar-refractivity contribution in [2.24, 2.45) is 5.92 Å². The first-order valence-corrected chi connectivity index (χ1v) is 5.74. The van der Waals surface area contributed by atoms with E-state index in [2.05, 4.69) is 4.98 Å². The Morgan fingerprint density at radius 3 is 3.00 bits per heavy atom. The molecule has 1 fully saturated rings. The molecule has 82 valence electrons. The average molecular weight is 249 g/mol. The van der Waals surface area contributed by atoms with Crippen molar-refractivity contribution in [3.05, 3.63) is 23.1 Å². The standard InChI is InChI=1S/C10H11Cl2FN2/c11-4-7-1-2-15(6-7)10-9(13)3-8(12)5-14-10/h3,5,7H,1-2,4,6H2. The van der Waals surface area contributed by atoms with Crippen LogP contribution in [0.4, 0.5) is 10.2 Å². The summed E-state index contributed by atoms with van der Waals surface area (Å²) >= 11 is 11.4. The highest BCUT2D eigenvalue weighted by Gasteiger charge is 2.24. The van der Waals surface area contributed by atoms with Gasteiger partial charge in [-0.2, -0.15) is 0 Å². The molecule has 0 spiro atoms. The van der Waals surface area contributed by atoms with E-state index < -0.39 is 0 Å². The van der Waals surface area contributed by atoms with Gasteiger partial charge in [-0.1, -0.05) is 11.6 Å². The summed E-state index contributed by atoms with van der Waals surface area (Å²) in [6.07, 6.45) is 2.46. The van der Waals surface area contributed by atoms with Gasteiger partial charge in [-0.25, -0.2) is 9.37 Å². The predicted molar refractivity (Wildman–Crippen MR) is 60.2 cm³/mol. The Labute approximate surface area is 98.0 Å². The molecule has 1 atom stereocenters. The molecule has 2 rings (SSSR count). The van der Waals surface area contributed by atoms with E-state index in [0.29, 0.717) is 22.6 Å². The van der Waals surface area contributed by atoms with E-state index >= 15 is 0 Å². The topological polar surface area (TPSA) is 16.1 Å². The van der Waals surface area contributed by atoms with Gasteiger partial charge in [-0.05, 0) is 18.4 Å². The Morgan fingerprint density at radius 1 is 1.60 bits per heavy atom. The van der Waals surface area contributed by atoms with E-state index in [0.717, 1.165) is 19.5 Å². The molecule has 0 N–H and O–H groups in total. The van der Waals surface area contributed by atoms with Crippen molar-refractivity contribution in [1.29, 1.82) is 0 Å². The van der Waals surface area contributed by atoms with E-state index in [4.69, 9.17) is 23.2 Å². The smallest absolute Gasteiger partial charge is 0.167 e. The highest BCUT2D eigenvalue weighted by atomic mass is 35.5. The minimum absolute atomic E-state index is 0.323. The lowest BCUT2D eigenvalue weighted by Crippen LogP contribution is -2.22. The van der Waals surface area contributed by atoms with Crippen LogP contribution in [0.5, 0.6) is 0 Å². The van der Waals surface area contributed by atoms with Crippen molar-refractivity contribution in [1.82, 2.24) is 4.98 Å². The minimum atomic E-state index is -0.363. The van der Waals surface area contributed by atoms with Crippen LogP contribution in [0.15, 0.2) is 12.3 Å². The molecule has 0 saturated carbocycles. The molecule has 0 bridgehead atoms. The summed E-state index contributed by atoms with van der Waals surface area (Å²) in [6.45, 7) is 1.58. The molecule has 1 unspecified atom stereocenters. The van der Waals surface area contributed by atoms with Crippen molar-refractivity contribution in [2.75, 3.05) is 23.9 Å². The van der Waals surface area contributed by atoms with Crippen LogP contribution in [0.25, 0.3) is 0 Å². The zero-order valence-corrected chi connectivity index (χ0v) is 9.60. The molecule has 15 heavy (non-hydrogen) atoms. The van der Waals surface area contributed by atoms with Crippen LogP contribution in [0.3, 0.4) is 0 Å². The normalized spacial score (nSPS) is 21.0. The third kappa shape index (κ3) is 2.34. The van der Waals surface area contributed by atoms with E-state index in [9.17, 15) is 4.39 Å². The van der Waals surface area contributed by atoms with Crippen LogP contribution in [-0.2, 0) is 0 Å². The molecule has 2 heterocycles. The zero-order valence-electron chi connectivity index (χ0n) is 8.09. The van der Waals surface area contributed by atoms with Gasteiger partial charge in [0, 0.05) is 25.2 Å². The molecule has 0 aromatic carbocycles. The molecule has 1 aliphatic heterocycles. The molecule has 1 aliphatic rings. The molecule has 5 heteroatoms. The maximum atomic E-state index is 13.5. The van der Waals surface area contributed by atoms with Crippen LogP contribution in [0.1, 0.15) is 6.42 Å². The van der Waals surface area contributed by atoms with Crippen LogP contribution < -0.4 is 4.90 Å². The van der Waals surface area contributed by atoms with Gasteiger partial charge in [-0.15, -0.1) is 11.6 Å². The number of aromatic nitrogens is 1. The summed E-state index contributed by atoms with van der Waals surface area (Å²) in [5, 5.41) is 0.323. The van der Waals surface area contributed by atoms with Crippen LogP contribution in [0, 0.1) is 11.7 Å². The van der Waals surface area contributed by atoms with E-state index in [1.807, 2.05) is 4.90 Å². The van der Waals surface area contributed by atoms with Crippen LogP contribution >= 0.6 is 23.2 Å². The number of hydrogen-bond acceptors (Lipinski definition) is 2. The van der Waals surface area contributed by atoms with Crippen molar-refractivity contribution >= 4 is 29.0 Å². The fourth-order valence-corrected chi connectivity index (χ4v) is 2.19. The van der Waals surface area contributed by atoms with Gasteiger partial charge in [0.25, 0.3) is 0 Å². The van der Waals surface area contributed by atoms with Crippen molar-refractivity contribution in [2.45, 2.75) is 6.42 Å². The summed E-state index contributed by atoms with van der Waals surface area (Å²) in [4.78, 5) is 5.92. The molecule has 1 saturated heterocycles. The first kappa shape index (κ1) is 11.0. The number of rotatable bonds is 2. The Balaban J connectivity index is 2.17. The second kappa shape index (κ2) is 4.54. The number of halogens is 3. The van der Waals surface area contributed by atoms with Crippen molar-refractivity contribution in [3.8, 4) is 0 Å². The molecule has 1 aromatic heterocycles. The summed E-state index contributed by atoms with van der Waals surface area (Å²) in [6, 6.07) is 1.29. The van der Waals surface area contributed by atoms with E-state index in [1.165, 1.54) is 12.3 Å². The predicted octanol–water partition coefficient (Wildman–Crippen LogP) is 2.94. The number of pyridine rings is 1. The second-order valence-corrected chi connectivity index (χ2v) is 4.46. The highest BCUT2D eigenvalue weighted by molar-refractivity contribution is 6.30. The summed E-state index contributed by atoms with van der Waals surface area (Å²) < 4.78 is 13.5. The molecular weight excluding hydrogens is 238 g/mol. The summed E-state index contributed by atoms with van der Waals surface area (Å²) in [7, 11) is 0. The highest BCUT2D eigenvalue weighted by Crippen LogP contribution is 2.26. The van der Waals surface area contributed by atoms with E-state index in [1.54, 1.807) is 0 Å². The summed E-state index contributed by atoms with van der Waals surface area (Å²) in [5.74, 6) is 1.07. The monoisotopic (exact) mass is 248 g/mol. The lowest BCUT2D eigenvalue weighted by atomic mass is 10.2. The first-order chi connectivity index (χ1) is 7.20. The van der Waals surface area contributed by atoms with Gasteiger partial charge < -0.3 is 4.90 Å². The number of alkyl halides is 1. The molecule has 0 amide bonds. The Hall–Kier alpha value is -0.540. The maximum Gasteiger partial charge on any atom is 0.167 e. The van der Waals surface area contributed by atoms with Crippen LogP contribution in [0.2, 0.25) is 5.02 Å². The quantitative estimate of drug-likeness (QED) is 0.749. The van der Waals surface area contributed by atoms with Gasteiger partial charge in [-0.3, -0.25) is 0 Å². The van der Waals surface area contributed by atoms with Crippen LogP contribution in [-0.4, -0.2) is 24.0 Å². The second-order valence-electron chi connectivity index (χ2n) is 3.71. The Morgan fingerprint density at radius 2 is 2.40 bits per heavy atom. The third-order valence-electron chi connectivity index (χ3n) is 2.59. The largest absolute Gasteiger partial charge is 0.354 e. The number of nitrogens with zero attached hydrogens (tertiary/aromatic N) is 2. The van der Waals surface area contributed by atoms with Crippen molar-refractivity contribution < 1.29 is 4.39 Å². The fraction of sp³-hybridized carbons (Fsp3) is 0.500. The molecule has 2 nitrogen and oxygen atoms in total. The van der Waals surface area contributed by atoms with Gasteiger partial charge in [0.05, 0.1) is 5.02 Å². The molecule has 0 aliphatic carbocycles. The zero-order chi connectivity index (χ0) is 10.8. The molecule has 0 radical (unpaired) electrons. The summed E-state index contributed by atoms with van der Waals surface area (Å²) in [5.41, 5.74) is 0. The Bertz CT molecular complexity index is 359. The first-order valence-electron chi connectivity index (χ1n) is 4.82. The van der Waals surface area contributed by atoms with Crippen molar-refractivity contribution in [3.63, 3.8) is 0 Å². The Kier molecular flexibility index (Phi) is 3.32. The van der Waals surface area contributed by atoms with E-state index in [-0.39, 0.29) is 5.82 Å². The maximum absolute atomic E-state index is 13.5. The fourth-order valence-electron chi connectivity index (χ4n) is 1.79. The van der Waals surface area contributed by atoms with Gasteiger partial charge in [0.15, 0.2) is 11.6 Å². The average Bonchev–Trinajstić information content (AvgIpc) is 2.66. The third-order valence-corrected chi connectivity index (χ3v) is 3.24. The van der Waals surface area contributed by atoms with Gasteiger partial charge in [0.2, 0.25) is 0 Å².